The summed E-state index contributed by atoms with van der Waals surface area (Å²) < 4.78 is 10.1. The lowest BCUT2D eigenvalue weighted by atomic mass is 9.95. The molecule has 0 fully saturated rings. The third-order valence-electron chi connectivity index (χ3n) is 4.84. The molecule has 1 heterocycles. The summed E-state index contributed by atoms with van der Waals surface area (Å²) in [5.41, 5.74) is 2.34. The second-order valence-corrected chi connectivity index (χ2v) is 6.55. The lowest BCUT2D eigenvalue weighted by molar-refractivity contribution is -0.652. The van der Waals surface area contributed by atoms with Crippen molar-refractivity contribution in [1.29, 1.82) is 0 Å². The minimum Gasteiger partial charge on any atom is -0.387 e. The molecule has 0 spiro atoms. The van der Waals surface area contributed by atoms with Gasteiger partial charge in [0.15, 0.2) is 11.0 Å². The highest BCUT2D eigenvalue weighted by Gasteiger charge is 2.21. The summed E-state index contributed by atoms with van der Waals surface area (Å²) in [5, 5.41) is 10.4. The molecule has 0 unspecified atom stereocenters. The van der Waals surface area contributed by atoms with Crippen LogP contribution in [-0.2, 0) is 18.3 Å². The van der Waals surface area contributed by atoms with E-state index in [4.69, 9.17) is 4.74 Å². The van der Waals surface area contributed by atoms with E-state index in [2.05, 4.69) is 47.4 Å². The standard InChI is InChI=1S/C19H27N2O2/c1-15-20(2)18-10-6-7-11-19(18)21(15)12-17(22)14-23-13-16-8-4-3-5-9-16/h3-4,6-7,10-11,16-17,22H,5,8-9,12-14H2,1-2H3/q+1/t16-,17-/m1/s1. The number of aliphatic hydroxyl groups excluding tert-OH is 1. The minimum atomic E-state index is -0.483. The monoisotopic (exact) mass is 315 g/mol. The summed E-state index contributed by atoms with van der Waals surface area (Å²) in [6, 6.07) is 8.30. The molecule has 1 aliphatic carbocycles. The van der Waals surface area contributed by atoms with Gasteiger partial charge in [-0.3, -0.25) is 0 Å². The van der Waals surface area contributed by atoms with Crippen molar-refractivity contribution < 1.29 is 14.4 Å². The van der Waals surface area contributed by atoms with Crippen LogP contribution in [0.2, 0.25) is 0 Å². The van der Waals surface area contributed by atoms with Gasteiger partial charge in [-0.05, 0) is 37.3 Å². The van der Waals surface area contributed by atoms with E-state index in [0.717, 1.165) is 30.8 Å². The number of aryl methyl sites for hydroxylation is 1. The Kier molecular flexibility index (Phi) is 5.13. The minimum absolute atomic E-state index is 0.399. The van der Waals surface area contributed by atoms with E-state index in [1.807, 2.05) is 12.1 Å². The Morgan fingerprint density at radius 1 is 1.35 bits per heavy atom. The number of aliphatic hydroxyl groups is 1. The zero-order valence-corrected chi connectivity index (χ0v) is 14.1. The highest BCUT2D eigenvalue weighted by molar-refractivity contribution is 5.72. The van der Waals surface area contributed by atoms with Gasteiger partial charge in [-0.2, -0.15) is 0 Å². The summed E-state index contributed by atoms with van der Waals surface area (Å²) in [4.78, 5) is 0. The fourth-order valence-electron chi connectivity index (χ4n) is 3.38. The highest BCUT2D eigenvalue weighted by Crippen LogP contribution is 2.18. The van der Waals surface area contributed by atoms with Crippen LogP contribution in [0.25, 0.3) is 11.0 Å². The molecule has 0 amide bonds. The van der Waals surface area contributed by atoms with Gasteiger partial charge in [-0.25, -0.2) is 9.13 Å². The molecule has 0 radical (unpaired) electrons. The van der Waals surface area contributed by atoms with E-state index in [1.165, 1.54) is 11.9 Å². The van der Waals surface area contributed by atoms with Crippen LogP contribution in [0.3, 0.4) is 0 Å². The second kappa shape index (κ2) is 7.28. The molecule has 1 aliphatic rings. The van der Waals surface area contributed by atoms with Gasteiger partial charge in [-0.15, -0.1) is 0 Å². The molecule has 1 aromatic carbocycles. The number of benzene rings is 1. The van der Waals surface area contributed by atoms with Gasteiger partial charge in [0.2, 0.25) is 0 Å². The average molecular weight is 315 g/mol. The van der Waals surface area contributed by atoms with E-state index in [9.17, 15) is 5.11 Å². The molecule has 0 bridgehead atoms. The Morgan fingerprint density at radius 3 is 2.96 bits per heavy atom. The smallest absolute Gasteiger partial charge is 0.254 e. The van der Waals surface area contributed by atoms with E-state index in [-0.39, 0.29) is 0 Å². The summed E-state index contributed by atoms with van der Waals surface area (Å²) in [6.07, 6.45) is 7.45. The number of imidazole rings is 1. The number of para-hydroxylation sites is 2. The van der Waals surface area contributed by atoms with E-state index in [1.54, 1.807) is 0 Å². The van der Waals surface area contributed by atoms with Crippen LogP contribution < -0.4 is 4.57 Å². The van der Waals surface area contributed by atoms with Crippen molar-refractivity contribution in [2.75, 3.05) is 13.2 Å². The maximum atomic E-state index is 10.4. The molecule has 2 atom stereocenters. The molecule has 3 rings (SSSR count). The largest absolute Gasteiger partial charge is 0.387 e. The fourth-order valence-corrected chi connectivity index (χ4v) is 3.38. The first kappa shape index (κ1) is 16.2. The predicted octanol–water partition coefficient (Wildman–Crippen LogP) is 2.51. The summed E-state index contributed by atoms with van der Waals surface area (Å²) in [7, 11) is 2.06. The van der Waals surface area contributed by atoms with Crippen LogP contribution in [0.1, 0.15) is 25.1 Å². The van der Waals surface area contributed by atoms with Crippen LogP contribution in [0.5, 0.6) is 0 Å². The Labute approximate surface area is 138 Å². The normalized spacial score (nSPS) is 19.3. The molecule has 0 aliphatic heterocycles. The van der Waals surface area contributed by atoms with Gasteiger partial charge in [0, 0.05) is 13.5 Å². The molecular formula is C19H27N2O2+. The Morgan fingerprint density at radius 2 is 2.17 bits per heavy atom. The summed E-state index contributed by atoms with van der Waals surface area (Å²) >= 11 is 0. The summed E-state index contributed by atoms with van der Waals surface area (Å²) in [5.74, 6) is 1.75. The maximum Gasteiger partial charge on any atom is 0.254 e. The van der Waals surface area contributed by atoms with E-state index < -0.39 is 6.10 Å². The van der Waals surface area contributed by atoms with Gasteiger partial charge in [-0.1, -0.05) is 24.3 Å². The number of ether oxygens (including phenoxy) is 1. The van der Waals surface area contributed by atoms with Gasteiger partial charge in [0.1, 0.15) is 12.6 Å². The number of nitrogens with zero attached hydrogens (tertiary/aromatic N) is 2. The number of hydrogen-bond acceptors (Lipinski definition) is 2. The van der Waals surface area contributed by atoms with Gasteiger partial charge in [0.25, 0.3) is 5.82 Å². The number of allylic oxidation sites excluding steroid dienone is 2. The van der Waals surface area contributed by atoms with Crippen LogP contribution in [0.4, 0.5) is 0 Å². The van der Waals surface area contributed by atoms with Crippen molar-refractivity contribution >= 4 is 11.0 Å². The Balaban J connectivity index is 1.58. The number of aromatic nitrogens is 2. The highest BCUT2D eigenvalue weighted by atomic mass is 16.5. The topological polar surface area (TPSA) is 38.3 Å². The van der Waals surface area contributed by atoms with Gasteiger partial charge in [0.05, 0.1) is 13.7 Å². The molecule has 0 saturated carbocycles. The maximum absolute atomic E-state index is 10.4. The molecule has 0 saturated heterocycles. The zero-order valence-electron chi connectivity index (χ0n) is 14.1. The van der Waals surface area contributed by atoms with E-state index in [0.29, 0.717) is 19.1 Å². The van der Waals surface area contributed by atoms with Crippen molar-refractivity contribution in [3.05, 3.63) is 42.2 Å². The summed E-state index contributed by atoms with van der Waals surface area (Å²) in [6.45, 7) is 3.80. The number of hydrogen-bond donors (Lipinski definition) is 1. The second-order valence-electron chi connectivity index (χ2n) is 6.55. The van der Waals surface area contributed by atoms with Crippen LogP contribution in [-0.4, -0.2) is 29.0 Å². The van der Waals surface area contributed by atoms with Crippen LogP contribution in [0.15, 0.2) is 36.4 Å². The number of fused-ring (bicyclic) bond motifs is 1. The first-order valence-corrected chi connectivity index (χ1v) is 8.51. The fraction of sp³-hybridized carbons (Fsp3) is 0.526. The van der Waals surface area contributed by atoms with Crippen molar-refractivity contribution in [2.24, 2.45) is 13.0 Å². The third-order valence-corrected chi connectivity index (χ3v) is 4.84. The molecular weight excluding hydrogens is 288 g/mol. The molecule has 23 heavy (non-hydrogen) atoms. The zero-order chi connectivity index (χ0) is 16.2. The average Bonchev–Trinajstić information content (AvgIpc) is 2.81. The van der Waals surface area contributed by atoms with Gasteiger partial charge < -0.3 is 9.84 Å². The first-order chi connectivity index (χ1) is 11.2. The van der Waals surface area contributed by atoms with Crippen LogP contribution in [0, 0.1) is 12.8 Å². The molecule has 124 valence electrons. The SMILES string of the molecule is Cc1n(C[C@@H](O)COC[C@@H]2CC=CCC2)c2ccccc2[n+]1C. The third kappa shape index (κ3) is 3.65. The first-order valence-electron chi connectivity index (χ1n) is 8.51. The molecule has 1 aromatic heterocycles. The molecule has 4 heteroatoms. The Bertz CT molecular complexity index is 690. The van der Waals surface area contributed by atoms with Crippen molar-refractivity contribution in [2.45, 2.75) is 38.8 Å². The molecule has 4 nitrogen and oxygen atoms in total. The lowest BCUT2D eigenvalue weighted by Gasteiger charge is -2.18. The predicted molar refractivity (Wildman–Crippen MR) is 91.2 cm³/mol. The van der Waals surface area contributed by atoms with Crippen LogP contribution >= 0.6 is 0 Å². The lowest BCUT2D eigenvalue weighted by Crippen LogP contribution is -2.32. The molecule has 2 aromatic rings. The molecule has 1 N–H and O–H groups in total. The van der Waals surface area contributed by atoms with Gasteiger partial charge >= 0.3 is 0 Å². The van der Waals surface area contributed by atoms with Crippen molar-refractivity contribution in [1.82, 2.24) is 4.57 Å². The number of rotatable bonds is 6. The van der Waals surface area contributed by atoms with Crippen molar-refractivity contribution in [3.8, 4) is 0 Å². The van der Waals surface area contributed by atoms with Crippen molar-refractivity contribution in [3.63, 3.8) is 0 Å². The quantitative estimate of drug-likeness (QED) is 0.657. The Hall–Kier alpha value is -1.65. The van der Waals surface area contributed by atoms with E-state index >= 15 is 0 Å².